The average Bonchev–Trinajstić information content (AvgIpc) is 3.21. The minimum Gasteiger partial charge on any atom is -0.506 e. The number of aromatic nitrogens is 1. The molecular weight excluding hydrogens is 762 g/mol. The van der Waals surface area contributed by atoms with Gasteiger partial charge in [-0.3, -0.25) is 14.5 Å². The number of rotatable bonds is 16. The van der Waals surface area contributed by atoms with E-state index in [9.17, 15) is 29.7 Å². The quantitative estimate of drug-likeness (QED) is 0.0633. The number of aryl methyl sites for hydroxylation is 1. The number of carboxylic acid groups (broad SMARTS) is 1. The molecule has 0 spiro atoms. The van der Waals surface area contributed by atoms with E-state index in [2.05, 4.69) is 10.3 Å². The Balaban J connectivity index is 1.03. The molecule has 1 saturated carbocycles. The van der Waals surface area contributed by atoms with Gasteiger partial charge in [0, 0.05) is 67.4 Å². The fraction of sp³-hybridized carbons (Fsp3) is 0.341. The largest absolute Gasteiger partial charge is 0.506 e. The fourth-order valence-electron chi connectivity index (χ4n) is 7.52. The number of nitrogens with zero attached hydrogens (tertiary/aromatic N) is 2. The SMILES string of the molecule is COc1cc(OCC(=O)N(C)CCCc2ccc(-c3ccccc3)c(N(C(=O)O)[C@H]3CC[C@H](N)CC3)c2)c(Cl)cc1CNC[C@H](O)c1ccc(O)c2[nH]c(=O)ccc12. The normalized spacial score (nSPS) is 15.8. The van der Waals surface area contributed by atoms with Crippen LogP contribution in [-0.4, -0.2) is 83.1 Å². The number of nitrogens with one attached hydrogen (secondary N) is 2. The minimum atomic E-state index is -0.985. The van der Waals surface area contributed by atoms with Crippen molar-refractivity contribution in [2.24, 2.45) is 5.73 Å². The summed E-state index contributed by atoms with van der Waals surface area (Å²) in [6, 6.07) is 24.9. The van der Waals surface area contributed by atoms with Gasteiger partial charge in [-0.2, -0.15) is 0 Å². The van der Waals surface area contributed by atoms with Crippen LogP contribution in [0.2, 0.25) is 5.02 Å². The number of phenolic OH excluding ortho intramolecular Hbond substituents is 1. The van der Waals surface area contributed by atoms with Crippen LogP contribution >= 0.6 is 11.6 Å². The van der Waals surface area contributed by atoms with Crippen molar-refractivity contribution in [3.63, 3.8) is 0 Å². The summed E-state index contributed by atoms with van der Waals surface area (Å²) in [6.45, 7) is 0.640. The van der Waals surface area contributed by atoms with E-state index in [-0.39, 0.29) is 65.3 Å². The summed E-state index contributed by atoms with van der Waals surface area (Å²) in [7, 11) is 3.22. The number of nitrogens with two attached hydrogens (primary N) is 1. The predicted molar refractivity (Wildman–Crippen MR) is 225 cm³/mol. The molecule has 0 unspecified atom stereocenters. The average molecular weight is 812 g/mol. The van der Waals surface area contributed by atoms with Crippen molar-refractivity contribution in [3.05, 3.63) is 117 Å². The van der Waals surface area contributed by atoms with Crippen molar-refractivity contribution in [1.82, 2.24) is 15.2 Å². The Kier molecular flexibility index (Phi) is 13.9. The molecule has 1 aromatic heterocycles. The summed E-state index contributed by atoms with van der Waals surface area (Å²) >= 11 is 6.58. The van der Waals surface area contributed by atoms with Crippen molar-refractivity contribution < 1.29 is 34.4 Å². The molecule has 0 aliphatic heterocycles. The number of amides is 2. The molecule has 58 heavy (non-hydrogen) atoms. The van der Waals surface area contributed by atoms with Gasteiger partial charge in [0.1, 0.15) is 17.2 Å². The zero-order valence-electron chi connectivity index (χ0n) is 32.6. The summed E-state index contributed by atoms with van der Waals surface area (Å²) in [5, 5.41) is 35.5. The second kappa shape index (κ2) is 19.2. The molecule has 7 N–H and O–H groups in total. The van der Waals surface area contributed by atoms with E-state index in [4.69, 9.17) is 26.8 Å². The van der Waals surface area contributed by atoms with Crippen molar-refractivity contribution in [2.75, 3.05) is 38.8 Å². The van der Waals surface area contributed by atoms with Gasteiger partial charge >= 0.3 is 6.09 Å². The van der Waals surface area contributed by atoms with Gasteiger partial charge in [0.05, 0.1) is 29.4 Å². The third kappa shape index (κ3) is 10.1. The number of phenols is 1. The van der Waals surface area contributed by atoms with Gasteiger partial charge in [-0.25, -0.2) is 4.79 Å². The summed E-state index contributed by atoms with van der Waals surface area (Å²) in [4.78, 5) is 43.4. The Bertz CT molecular complexity index is 2280. The van der Waals surface area contributed by atoms with Crippen molar-refractivity contribution >= 4 is 40.2 Å². The predicted octanol–water partition coefficient (Wildman–Crippen LogP) is 6.61. The third-order valence-corrected chi connectivity index (χ3v) is 11.0. The Morgan fingerprint density at radius 2 is 1.76 bits per heavy atom. The highest BCUT2D eigenvalue weighted by Crippen LogP contribution is 2.37. The van der Waals surface area contributed by atoms with Gasteiger partial charge in [-0.15, -0.1) is 0 Å². The van der Waals surface area contributed by atoms with Crippen LogP contribution in [0.3, 0.4) is 0 Å². The summed E-state index contributed by atoms with van der Waals surface area (Å²) in [6.07, 6.45) is 2.31. The maximum absolute atomic E-state index is 13.1. The number of halogens is 1. The number of pyridine rings is 1. The molecule has 0 bridgehead atoms. The number of methoxy groups -OCH3 is 1. The molecule has 0 radical (unpaired) electrons. The number of H-pyrrole nitrogens is 1. The lowest BCUT2D eigenvalue weighted by Gasteiger charge is -2.35. The number of ether oxygens (including phenoxy) is 2. The van der Waals surface area contributed by atoms with Crippen LogP contribution in [0.25, 0.3) is 22.0 Å². The Hall–Kier alpha value is -5.60. The smallest absolute Gasteiger partial charge is 0.412 e. The highest BCUT2D eigenvalue weighted by molar-refractivity contribution is 6.32. The van der Waals surface area contributed by atoms with Crippen LogP contribution in [0.4, 0.5) is 10.5 Å². The van der Waals surface area contributed by atoms with E-state index in [1.807, 2.05) is 48.5 Å². The number of anilines is 1. The van der Waals surface area contributed by atoms with Gasteiger partial charge in [-0.1, -0.05) is 60.1 Å². The molecule has 1 aliphatic rings. The number of aromatic amines is 1. The summed E-state index contributed by atoms with van der Waals surface area (Å²) in [5.41, 5.74) is 10.7. The number of aromatic hydroxyl groups is 1. The van der Waals surface area contributed by atoms with Crippen LogP contribution in [0.5, 0.6) is 17.2 Å². The van der Waals surface area contributed by atoms with Crippen LogP contribution in [-0.2, 0) is 17.8 Å². The van der Waals surface area contributed by atoms with Crippen molar-refractivity contribution in [3.8, 4) is 28.4 Å². The Morgan fingerprint density at radius 1 is 1.00 bits per heavy atom. The molecule has 5 aromatic rings. The molecule has 1 fully saturated rings. The van der Waals surface area contributed by atoms with E-state index < -0.39 is 12.2 Å². The maximum Gasteiger partial charge on any atom is 0.412 e. The number of benzene rings is 4. The number of aliphatic hydroxyl groups is 1. The monoisotopic (exact) mass is 811 g/mol. The summed E-state index contributed by atoms with van der Waals surface area (Å²) < 4.78 is 11.4. The Labute approximate surface area is 342 Å². The van der Waals surface area contributed by atoms with Gasteiger partial charge in [0.25, 0.3) is 5.91 Å². The van der Waals surface area contributed by atoms with Crippen LogP contribution in [0, 0.1) is 0 Å². The van der Waals surface area contributed by atoms with E-state index in [1.54, 1.807) is 36.2 Å². The number of aliphatic hydroxyl groups excluding tert-OH is 1. The number of hydrogen-bond donors (Lipinski definition) is 6. The minimum absolute atomic E-state index is 0.0879. The lowest BCUT2D eigenvalue weighted by Crippen LogP contribution is -2.44. The first-order valence-electron chi connectivity index (χ1n) is 19.4. The van der Waals surface area contributed by atoms with Crippen molar-refractivity contribution in [2.45, 2.75) is 63.3 Å². The fourth-order valence-corrected chi connectivity index (χ4v) is 7.76. The van der Waals surface area contributed by atoms with Crippen LogP contribution in [0.15, 0.2) is 89.7 Å². The second-order valence-electron chi connectivity index (χ2n) is 14.7. The molecule has 14 heteroatoms. The number of likely N-dealkylation sites (N-methyl/N-ethyl adjacent to an activating group) is 1. The zero-order chi connectivity index (χ0) is 41.3. The standard InChI is InChI=1S/C44H50ClN5O8/c1-49(20-6-7-27-10-15-32(28-8-4-3-5-9-28)36(21-27)50(44(55)56)31-13-11-30(46)12-14-31)42(54)26-58-40-23-39(57-2)29(22-35(40)45)24-47-25-38(52)33-16-18-37(51)43-34(33)17-19-41(53)48-43/h3-5,8-10,15-19,21-23,30-31,38,47,51-52H,6-7,11-14,20,24-26,46H2,1-2H3,(H,48,53)(H,55,56)/t30-,31-,38-/m0/s1. The lowest BCUT2D eigenvalue weighted by molar-refractivity contribution is -0.132. The van der Waals surface area contributed by atoms with Crippen LogP contribution < -0.4 is 31.0 Å². The second-order valence-corrected chi connectivity index (χ2v) is 15.1. The molecule has 4 aromatic carbocycles. The molecule has 306 valence electrons. The van der Waals surface area contributed by atoms with Crippen LogP contribution in [0.1, 0.15) is 54.9 Å². The number of carbonyl (C=O) groups is 2. The molecule has 1 heterocycles. The third-order valence-electron chi connectivity index (χ3n) is 10.7. The van der Waals surface area contributed by atoms with Gasteiger partial charge in [-0.05, 0) is 79.5 Å². The van der Waals surface area contributed by atoms with E-state index in [0.717, 1.165) is 29.5 Å². The Morgan fingerprint density at radius 3 is 2.48 bits per heavy atom. The number of fused-ring (bicyclic) bond motifs is 1. The molecule has 2 amide bonds. The van der Waals surface area contributed by atoms with E-state index >= 15 is 0 Å². The maximum atomic E-state index is 13.1. The molecule has 6 rings (SSSR count). The molecule has 13 nitrogen and oxygen atoms in total. The number of hydrogen-bond acceptors (Lipinski definition) is 9. The first-order valence-corrected chi connectivity index (χ1v) is 19.7. The lowest BCUT2D eigenvalue weighted by atomic mass is 9.89. The van der Waals surface area contributed by atoms with Gasteiger partial charge in [0.15, 0.2) is 6.61 Å². The first kappa shape index (κ1) is 42.0. The number of carbonyl (C=O) groups excluding carboxylic acids is 1. The van der Waals surface area contributed by atoms with Gasteiger partial charge < -0.3 is 45.7 Å². The van der Waals surface area contributed by atoms with Gasteiger partial charge in [0.2, 0.25) is 5.56 Å². The molecular formula is C44H50ClN5O8. The highest BCUT2D eigenvalue weighted by atomic mass is 35.5. The van der Waals surface area contributed by atoms with E-state index in [0.29, 0.717) is 60.2 Å². The van der Waals surface area contributed by atoms with Crippen molar-refractivity contribution in [1.29, 1.82) is 0 Å². The first-order chi connectivity index (χ1) is 27.9. The zero-order valence-corrected chi connectivity index (χ0v) is 33.4. The topological polar surface area (TPSA) is 191 Å². The highest BCUT2D eigenvalue weighted by Gasteiger charge is 2.31. The van der Waals surface area contributed by atoms with E-state index in [1.165, 1.54) is 24.1 Å². The molecule has 0 saturated heterocycles. The molecule has 1 atom stereocenters. The molecule has 1 aliphatic carbocycles. The summed E-state index contributed by atoms with van der Waals surface area (Å²) in [5.74, 6) is 0.423.